The SMILES string of the molecule is CCCCCCCCCCCCCCCc1c(C)c(O)cc(O)c1C. The lowest BCUT2D eigenvalue weighted by Gasteiger charge is -2.13. The molecule has 0 radical (unpaired) electrons. The molecule has 0 atom stereocenters. The van der Waals surface area contributed by atoms with Gasteiger partial charge in [0.05, 0.1) is 0 Å². The summed E-state index contributed by atoms with van der Waals surface area (Å²) in [5.74, 6) is 0.431. The molecule has 0 amide bonds. The van der Waals surface area contributed by atoms with Crippen molar-refractivity contribution in [3.8, 4) is 11.5 Å². The highest BCUT2D eigenvalue weighted by atomic mass is 16.3. The van der Waals surface area contributed by atoms with Gasteiger partial charge in [0.2, 0.25) is 0 Å². The molecule has 0 spiro atoms. The molecular formula is C23H40O2. The van der Waals surface area contributed by atoms with E-state index in [1.165, 1.54) is 83.1 Å². The molecule has 2 heteroatoms. The molecular weight excluding hydrogens is 308 g/mol. The van der Waals surface area contributed by atoms with Gasteiger partial charge in [0.15, 0.2) is 0 Å². The van der Waals surface area contributed by atoms with Gasteiger partial charge in [-0.1, -0.05) is 84.0 Å². The largest absolute Gasteiger partial charge is 0.508 e. The summed E-state index contributed by atoms with van der Waals surface area (Å²) in [7, 11) is 0. The number of unbranched alkanes of at least 4 members (excludes halogenated alkanes) is 12. The molecule has 0 aliphatic carbocycles. The smallest absolute Gasteiger partial charge is 0.122 e. The van der Waals surface area contributed by atoms with Gasteiger partial charge in [0, 0.05) is 6.07 Å². The van der Waals surface area contributed by atoms with Gasteiger partial charge in [-0.3, -0.25) is 0 Å². The average molecular weight is 349 g/mol. The number of hydrogen-bond donors (Lipinski definition) is 2. The van der Waals surface area contributed by atoms with Gasteiger partial charge in [-0.25, -0.2) is 0 Å². The molecule has 2 nitrogen and oxygen atoms in total. The zero-order chi connectivity index (χ0) is 18.5. The van der Waals surface area contributed by atoms with Crippen molar-refractivity contribution in [3.63, 3.8) is 0 Å². The number of benzene rings is 1. The fourth-order valence-electron chi connectivity index (χ4n) is 3.63. The van der Waals surface area contributed by atoms with Crippen LogP contribution in [0.5, 0.6) is 11.5 Å². The molecule has 0 heterocycles. The fraction of sp³-hybridized carbons (Fsp3) is 0.739. The van der Waals surface area contributed by atoms with Crippen molar-refractivity contribution < 1.29 is 10.2 Å². The Hall–Kier alpha value is -1.18. The van der Waals surface area contributed by atoms with Gasteiger partial charge in [-0.2, -0.15) is 0 Å². The van der Waals surface area contributed by atoms with Crippen LogP contribution in [0.15, 0.2) is 6.07 Å². The monoisotopic (exact) mass is 348 g/mol. The Bertz CT molecular complexity index is 453. The molecule has 1 aromatic rings. The molecule has 0 unspecified atom stereocenters. The van der Waals surface area contributed by atoms with Crippen molar-refractivity contribution in [1.29, 1.82) is 0 Å². The number of aromatic hydroxyl groups is 2. The van der Waals surface area contributed by atoms with Gasteiger partial charge in [0.25, 0.3) is 0 Å². The van der Waals surface area contributed by atoms with Crippen LogP contribution in [0, 0.1) is 13.8 Å². The molecule has 0 saturated heterocycles. The van der Waals surface area contributed by atoms with Crippen molar-refractivity contribution >= 4 is 0 Å². The minimum atomic E-state index is 0.216. The average Bonchev–Trinajstić information content (AvgIpc) is 2.60. The maximum atomic E-state index is 9.85. The van der Waals surface area contributed by atoms with Crippen LogP contribution in [0.2, 0.25) is 0 Å². The molecule has 0 fully saturated rings. The van der Waals surface area contributed by atoms with Crippen LogP contribution in [0.25, 0.3) is 0 Å². The lowest BCUT2D eigenvalue weighted by Crippen LogP contribution is -1.95. The van der Waals surface area contributed by atoms with Crippen LogP contribution in [0.3, 0.4) is 0 Å². The van der Waals surface area contributed by atoms with E-state index in [9.17, 15) is 10.2 Å². The van der Waals surface area contributed by atoms with E-state index in [-0.39, 0.29) is 11.5 Å². The molecule has 2 N–H and O–H groups in total. The third kappa shape index (κ3) is 8.65. The number of hydrogen-bond acceptors (Lipinski definition) is 2. The molecule has 0 saturated carbocycles. The summed E-state index contributed by atoms with van der Waals surface area (Å²) in [6.07, 6.45) is 18.6. The summed E-state index contributed by atoms with van der Waals surface area (Å²) >= 11 is 0. The van der Waals surface area contributed by atoms with Gasteiger partial charge in [-0.05, 0) is 43.4 Å². The Kier molecular flexibility index (Phi) is 11.4. The summed E-state index contributed by atoms with van der Waals surface area (Å²) < 4.78 is 0. The van der Waals surface area contributed by atoms with Crippen molar-refractivity contribution in [2.45, 2.75) is 111 Å². The minimum Gasteiger partial charge on any atom is -0.508 e. The highest BCUT2D eigenvalue weighted by molar-refractivity contribution is 5.50. The molecule has 1 aromatic carbocycles. The Morgan fingerprint density at radius 3 is 1.36 bits per heavy atom. The Balaban J connectivity index is 2.03. The first-order chi connectivity index (χ1) is 12.1. The predicted molar refractivity (Wildman–Crippen MR) is 109 cm³/mol. The van der Waals surface area contributed by atoms with E-state index in [0.29, 0.717) is 0 Å². The van der Waals surface area contributed by atoms with Crippen LogP contribution < -0.4 is 0 Å². The maximum Gasteiger partial charge on any atom is 0.122 e. The molecule has 1 rings (SSSR count). The summed E-state index contributed by atoms with van der Waals surface area (Å²) in [6.45, 7) is 6.16. The molecule has 0 aliphatic heterocycles. The van der Waals surface area contributed by atoms with Crippen LogP contribution in [0.4, 0.5) is 0 Å². The fourth-order valence-corrected chi connectivity index (χ4v) is 3.63. The van der Waals surface area contributed by atoms with E-state index in [1.807, 2.05) is 13.8 Å². The van der Waals surface area contributed by atoms with Gasteiger partial charge >= 0.3 is 0 Å². The van der Waals surface area contributed by atoms with Gasteiger partial charge in [0.1, 0.15) is 11.5 Å². The van der Waals surface area contributed by atoms with Crippen molar-refractivity contribution in [2.75, 3.05) is 0 Å². The lowest BCUT2D eigenvalue weighted by molar-refractivity contribution is 0.443. The van der Waals surface area contributed by atoms with Crippen molar-refractivity contribution in [1.82, 2.24) is 0 Å². The third-order valence-corrected chi connectivity index (χ3v) is 5.48. The lowest BCUT2D eigenvalue weighted by atomic mass is 9.95. The number of phenols is 2. The second kappa shape index (κ2) is 13.1. The first-order valence-electron chi connectivity index (χ1n) is 10.6. The second-order valence-electron chi connectivity index (χ2n) is 7.64. The normalized spacial score (nSPS) is 11.2. The summed E-state index contributed by atoms with van der Waals surface area (Å²) in [5.41, 5.74) is 2.98. The van der Waals surface area contributed by atoms with Gasteiger partial charge < -0.3 is 10.2 Å². The maximum absolute atomic E-state index is 9.85. The van der Waals surface area contributed by atoms with E-state index in [4.69, 9.17) is 0 Å². The van der Waals surface area contributed by atoms with E-state index in [0.717, 1.165) is 29.5 Å². The Labute approximate surface area is 155 Å². The van der Waals surface area contributed by atoms with Crippen molar-refractivity contribution in [2.24, 2.45) is 0 Å². The first kappa shape index (κ1) is 21.9. The van der Waals surface area contributed by atoms with E-state index in [1.54, 1.807) is 0 Å². The number of phenolic OH excluding ortho intramolecular Hbond substituents is 2. The Morgan fingerprint density at radius 1 is 0.600 bits per heavy atom. The zero-order valence-corrected chi connectivity index (χ0v) is 16.9. The second-order valence-corrected chi connectivity index (χ2v) is 7.64. The minimum absolute atomic E-state index is 0.216. The number of rotatable bonds is 14. The van der Waals surface area contributed by atoms with Crippen LogP contribution in [-0.2, 0) is 6.42 Å². The quantitative estimate of drug-likeness (QED) is 0.345. The topological polar surface area (TPSA) is 40.5 Å². The van der Waals surface area contributed by atoms with Crippen LogP contribution in [0.1, 0.15) is 107 Å². The molecule has 0 bridgehead atoms. The Morgan fingerprint density at radius 2 is 0.960 bits per heavy atom. The summed E-state index contributed by atoms with van der Waals surface area (Å²) in [4.78, 5) is 0. The van der Waals surface area contributed by atoms with E-state index in [2.05, 4.69) is 6.92 Å². The third-order valence-electron chi connectivity index (χ3n) is 5.48. The highest BCUT2D eigenvalue weighted by Crippen LogP contribution is 2.32. The zero-order valence-electron chi connectivity index (χ0n) is 16.9. The van der Waals surface area contributed by atoms with Crippen LogP contribution >= 0.6 is 0 Å². The summed E-state index contributed by atoms with van der Waals surface area (Å²) in [5, 5.41) is 19.7. The molecule has 0 aliphatic rings. The van der Waals surface area contributed by atoms with Crippen molar-refractivity contribution in [3.05, 3.63) is 22.8 Å². The summed E-state index contributed by atoms with van der Waals surface area (Å²) in [6, 6.07) is 1.46. The predicted octanol–water partition coefficient (Wildman–Crippen LogP) is 7.35. The molecule has 0 aromatic heterocycles. The van der Waals surface area contributed by atoms with Gasteiger partial charge in [-0.15, -0.1) is 0 Å². The van der Waals surface area contributed by atoms with Crippen LogP contribution in [-0.4, -0.2) is 10.2 Å². The molecule has 144 valence electrons. The van der Waals surface area contributed by atoms with E-state index < -0.39 is 0 Å². The highest BCUT2D eigenvalue weighted by Gasteiger charge is 2.11. The molecule has 25 heavy (non-hydrogen) atoms. The standard InChI is InChI=1S/C23H40O2/c1-4-5-6-7-8-9-10-11-12-13-14-15-16-17-21-19(2)22(24)18-23(25)20(21)3/h18,24-25H,4-17H2,1-3H3. The van der Waals surface area contributed by atoms with E-state index >= 15 is 0 Å². The first-order valence-corrected chi connectivity index (χ1v) is 10.6.